The van der Waals surface area contributed by atoms with Gasteiger partial charge in [-0.2, -0.15) is 8.78 Å². The van der Waals surface area contributed by atoms with Crippen molar-refractivity contribution in [2.45, 2.75) is 22.8 Å². The minimum absolute atomic E-state index is 0.0560. The van der Waals surface area contributed by atoms with Crippen molar-refractivity contribution in [3.05, 3.63) is 59.7 Å². The molecule has 1 fully saturated rings. The SMILES string of the molecule is O=C1C2=CC=CC(F)C2C(O)(SCc2ccccc2)C1(F)F. The van der Waals surface area contributed by atoms with Crippen molar-refractivity contribution in [3.8, 4) is 0 Å². The molecule has 3 atom stereocenters. The van der Waals surface area contributed by atoms with E-state index in [1.54, 1.807) is 30.3 Å². The maximum atomic E-state index is 14.3. The zero-order chi connectivity index (χ0) is 16.0. The molecule has 1 N–H and O–H groups in total. The largest absolute Gasteiger partial charge is 0.372 e. The molecular formula is C16H13F3O2S. The van der Waals surface area contributed by atoms with Crippen LogP contribution >= 0.6 is 11.8 Å². The Morgan fingerprint density at radius 2 is 1.91 bits per heavy atom. The molecule has 3 unspecified atom stereocenters. The maximum Gasteiger partial charge on any atom is 0.347 e. The number of carbonyl (C=O) groups excluding carboxylic acids is 1. The number of allylic oxidation sites excluding steroid dienone is 3. The van der Waals surface area contributed by atoms with E-state index in [0.717, 1.165) is 12.2 Å². The molecule has 116 valence electrons. The second-order valence-electron chi connectivity index (χ2n) is 5.30. The van der Waals surface area contributed by atoms with Crippen LogP contribution in [0.1, 0.15) is 5.56 Å². The van der Waals surface area contributed by atoms with Crippen LogP contribution in [0.15, 0.2) is 54.1 Å². The molecule has 1 aromatic rings. The van der Waals surface area contributed by atoms with Crippen molar-refractivity contribution in [2.75, 3.05) is 0 Å². The van der Waals surface area contributed by atoms with Crippen molar-refractivity contribution in [1.82, 2.24) is 0 Å². The highest BCUT2D eigenvalue weighted by molar-refractivity contribution is 7.99. The van der Waals surface area contributed by atoms with Crippen molar-refractivity contribution in [2.24, 2.45) is 5.92 Å². The minimum atomic E-state index is -4.01. The number of alkyl halides is 3. The lowest BCUT2D eigenvalue weighted by atomic mass is 9.91. The molecule has 0 heterocycles. The molecule has 0 aromatic heterocycles. The average Bonchev–Trinajstić information content (AvgIpc) is 2.66. The van der Waals surface area contributed by atoms with Crippen molar-refractivity contribution in [1.29, 1.82) is 0 Å². The van der Waals surface area contributed by atoms with Crippen LogP contribution in [-0.4, -0.2) is 27.9 Å². The molecule has 1 aromatic carbocycles. The number of hydrogen-bond donors (Lipinski definition) is 1. The molecule has 0 bridgehead atoms. The Morgan fingerprint density at radius 3 is 2.59 bits per heavy atom. The van der Waals surface area contributed by atoms with Crippen LogP contribution in [0.25, 0.3) is 0 Å². The highest BCUT2D eigenvalue weighted by Crippen LogP contribution is 2.57. The molecular weight excluding hydrogens is 313 g/mol. The number of Topliss-reactive ketones (excluding diaryl/α,β-unsaturated/α-hetero) is 1. The lowest BCUT2D eigenvalue weighted by molar-refractivity contribution is -0.158. The molecule has 2 aliphatic rings. The van der Waals surface area contributed by atoms with Gasteiger partial charge in [0.1, 0.15) is 6.17 Å². The van der Waals surface area contributed by atoms with Crippen LogP contribution in [0.3, 0.4) is 0 Å². The Labute approximate surface area is 129 Å². The van der Waals surface area contributed by atoms with Crippen LogP contribution in [0, 0.1) is 5.92 Å². The smallest absolute Gasteiger partial charge is 0.347 e. The van der Waals surface area contributed by atoms with Gasteiger partial charge in [0.15, 0.2) is 4.93 Å². The fourth-order valence-corrected chi connectivity index (χ4v) is 4.07. The lowest BCUT2D eigenvalue weighted by Gasteiger charge is -2.34. The zero-order valence-electron chi connectivity index (χ0n) is 11.4. The number of fused-ring (bicyclic) bond motifs is 1. The predicted octanol–water partition coefficient (Wildman–Crippen LogP) is 3.28. The van der Waals surface area contributed by atoms with Gasteiger partial charge in [0.2, 0.25) is 5.78 Å². The Hall–Kier alpha value is -1.53. The van der Waals surface area contributed by atoms with E-state index in [9.17, 15) is 23.1 Å². The lowest BCUT2D eigenvalue weighted by Crippen LogP contribution is -2.49. The fraction of sp³-hybridized carbons (Fsp3) is 0.312. The topological polar surface area (TPSA) is 37.3 Å². The molecule has 6 heteroatoms. The van der Waals surface area contributed by atoms with E-state index < -0.39 is 28.7 Å². The van der Waals surface area contributed by atoms with Gasteiger partial charge >= 0.3 is 5.92 Å². The molecule has 2 aliphatic carbocycles. The van der Waals surface area contributed by atoms with Crippen LogP contribution in [0.2, 0.25) is 0 Å². The Bertz CT molecular complexity index is 657. The molecule has 0 amide bonds. The third kappa shape index (κ3) is 2.13. The van der Waals surface area contributed by atoms with Crippen LogP contribution in [-0.2, 0) is 10.5 Å². The highest BCUT2D eigenvalue weighted by Gasteiger charge is 2.72. The molecule has 0 saturated heterocycles. The molecule has 2 nitrogen and oxygen atoms in total. The molecule has 3 rings (SSSR count). The first-order valence-electron chi connectivity index (χ1n) is 6.73. The summed E-state index contributed by atoms with van der Waals surface area (Å²) in [6.07, 6.45) is 1.66. The van der Waals surface area contributed by atoms with Crippen molar-refractivity contribution in [3.63, 3.8) is 0 Å². The number of rotatable bonds is 3. The van der Waals surface area contributed by atoms with E-state index in [2.05, 4.69) is 0 Å². The zero-order valence-corrected chi connectivity index (χ0v) is 12.2. The number of carbonyl (C=O) groups is 1. The van der Waals surface area contributed by atoms with Crippen molar-refractivity contribution < 1.29 is 23.1 Å². The van der Waals surface area contributed by atoms with E-state index in [-0.39, 0.29) is 11.3 Å². The van der Waals surface area contributed by atoms with E-state index >= 15 is 0 Å². The third-order valence-electron chi connectivity index (χ3n) is 3.94. The summed E-state index contributed by atoms with van der Waals surface area (Å²) in [6, 6.07) is 8.70. The molecule has 1 saturated carbocycles. The van der Waals surface area contributed by atoms with Gasteiger partial charge in [-0.15, -0.1) is 11.8 Å². The summed E-state index contributed by atoms with van der Waals surface area (Å²) in [6.45, 7) is 0. The second-order valence-corrected chi connectivity index (χ2v) is 6.50. The normalized spacial score (nSPS) is 32.7. The number of hydrogen-bond acceptors (Lipinski definition) is 3. The number of thioether (sulfide) groups is 1. The van der Waals surface area contributed by atoms with Gasteiger partial charge in [0.25, 0.3) is 0 Å². The van der Waals surface area contributed by atoms with Crippen LogP contribution in [0.4, 0.5) is 13.2 Å². The quantitative estimate of drug-likeness (QED) is 0.866. The summed E-state index contributed by atoms with van der Waals surface area (Å²) >= 11 is 0.510. The Balaban J connectivity index is 1.94. The van der Waals surface area contributed by atoms with Gasteiger partial charge in [0, 0.05) is 11.3 Å². The Morgan fingerprint density at radius 1 is 1.23 bits per heavy atom. The van der Waals surface area contributed by atoms with Crippen LogP contribution < -0.4 is 0 Å². The summed E-state index contributed by atoms with van der Waals surface area (Å²) in [5.74, 6) is -7.00. The molecule has 22 heavy (non-hydrogen) atoms. The third-order valence-corrected chi connectivity index (χ3v) is 5.37. The van der Waals surface area contributed by atoms with E-state index in [4.69, 9.17) is 0 Å². The predicted molar refractivity (Wildman–Crippen MR) is 78.2 cm³/mol. The fourth-order valence-electron chi connectivity index (χ4n) is 2.78. The molecule has 0 radical (unpaired) electrons. The van der Waals surface area contributed by atoms with Gasteiger partial charge in [0.05, 0.1) is 5.92 Å². The first-order chi connectivity index (χ1) is 10.4. The highest BCUT2D eigenvalue weighted by atomic mass is 32.2. The second kappa shape index (κ2) is 5.28. The first-order valence-corrected chi connectivity index (χ1v) is 7.72. The van der Waals surface area contributed by atoms with Gasteiger partial charge in [-0.25, -0.2) is 4.39 Å². The first kappa shape index (κ1) is 15.4. The summed E-state index contributed by atoms with van der Waals surface area (Å²) < 4.78 is 42.7. The summed E-state index contributed by atoms with van der Waals surface area (Å²) in [5.41, 5.74) is 0.367. The number of halogens is 3. The van der Waals surface area contributed by atoms with Gasteiger partial charge in [-0.05, 0) is 11.6 Å². The van der Waals surface area contributed by atoms with Crippen molar-refractivity contribution >= 4 is 17.5 Å². The minimum Gasteiger partial charge on any atom is -0.372 e. The van der Waals surface area contributed by atoms with Gasteiger partial charge in [-0.3, -0.25) is 4.79 Å². The van der Waals surface area contributed by atoms with Crippen LogP contribution in [0.5, 0.6) is 0 Å². The maximum absolute atomic E-state index is 14.3. The number of ketones is 1. The van der Waals surface area contributed by atoms with Gasteiger partial charge in [-0.1, -0.05) is 42.5 Å². The number of benzene rings is 1. The monoisotopic (exact) mass is 326 g/mol. The van der Waals surface area contributed by atoms with E-state index in [1.165, 1.54) is 6.08 Å². The van der Waals surface area contributed by atoms with E-state index in [1.807, 2.05) is 0 Å². The molecule has 0 spiro atoms. The average molecular weight is 326 g/mol. The summed E-state index contributed by atoms with van der Waals surface area (Å²) in [4.78, 5) is 9.06. The standard InChI is InChI=1S/C16H13F3O2S/c17-12-8-4-7-11-13(12)16(21,15(18,19)14(11)20)22-9-10-5-2-1-3-6-10/h1-8,12-13,21H,9H2. The number of aliphatic hydroxyl groups is 1. The van der Waals surface area contributed by atoms with E-state index in [0.29, 0.717) is 17.3 Å². The molecule has 0 aliphatic heterocycles. The summed E-state index contributed by atoms with van der Waals surface area (Å²) in [5, 5.41) is 10.5. The summed E-state index contributed by atoms with van der Waals surface area (Å²) in [7, 11) is 0. The Kier molecular flexibility index (Phi) is 3.69. The van der Waals surface area contributed by atoms with Gasteiger partial charge < -0.3 is 5.11 Å².